The maximum atomic E-state index is 11.9. The Bertz CT molecular complexity index is 605. The van der Waals surface area contributed by atoms with Crippen LogP contribution in [0.5, 0.6) is 0 Å². The summed E-state index contributed by atoms with van der Waals surface area (Å²) in [5.41, 5.74) is 0.836. The molecule has 2 rings (SSSR count). The first-order valence-corrected chi connectivity index (χ1v) is 6.23. The molecule has 2 heterocycles. The van der Waals surface area contributed by atoms with Crippen molar-refractivity contribution >= 4 is 28.8 Å². The van der Waals surface area contributed by atoms with E-state index in [0.717, 1.165) is 5.69 Å². The molecular formula is C13H12N2O2S. The van der Waals surface area contributed by atoms with Crippen LogP contribution in [0.15, 0.2) is 30.3 Å². The van der Waals surface area contributed by atoms with Crippen LogP contribution in [0.25, 0.3) is 0 Å². The fourth-order valence-corrected chi connectivity index (χ4v) is 2.24. The SMILES string of the molecule is CC(=O)c1ccc(C(=O)Nc2cccc(C)n2)s1. The van der Waals surface area contributed by atoms with Crippen LogP contribution in [0.2, 0.25) is 0 Å². The first-order valence-electron chi connectivity index (χ1n) is 5.42. The number of nitrogens with zero attached hydrogens (tertiary/aromatic N) is 1. The Morgan fingerprint density at radius 2 is 1.89 bits per heavy atom. The molecule has 4 nitrogen and oxygen atoms in total. The van der Waals surface area contributed by atoms with Crippen molar-refractivity contribution in [2.45, 2.75) is 13.8 Å². The summed E-state index contributed by atoms with van der Waals surface area (Å²) in [6.07, 6.45) is 0. The summed E-state index contributed by atoms with van der Waals surface area (Å²) in [7, 11) is 0. The van der Waals surface area contributed by atoms with Crippen molar-refractivity contribution in [1.29, 1.82) is 0 Å². The molecule has 92 valence electrons. The van der Waals surface area contributed by atoms with Crippen LogP contribution in [0.4, 0.5) is 5.82 Å². The van der Waals surface area contributed by atoms with E-state index in [2.05, 4.69) is 10.3 Å². The number of thiophene rings is 1. The predicted molar refractivity (Wildman–Crippen MR) is 71.3 cm³/mol. The molecule has 0 saturated heterocycles. The molecule has 0 bridgehead atoms. The van der Waals surface area contributed by atoms with Crippen LogP contribution < -0.4 is 5.32 Å². The third-order valence-corrected chi connectivity index (χ3v) is 3.49. The van der Waals surface area contributed by atoms with Gasteiger partial charge >= 0.3 is 0 Å². The van der Waals surface area contributed by atoms with Crippen molar-refractivity contribution in [3.8, 4) is 0 Å². The van der Waals surface area contributed by atoms with Gasteiger partial charge < -0.3 is 5.32 Å². The molecule has 0 spiro atoms. The Balaban J connectivity index is 2.14. The topological polar surface area (TPSA) is 59.1 Å². The standard InChI is InChI=1S/C13H12N2O2S/c1-8-4-3-5-12(14-8)15-13(17)11-7-6-10(18-11)9(2)16/h3-7H,1-2H3,(H,14,15,17). The number of nitrogens with one attached hydrogen (secondary N) is 1. The van der Waals surface area contributed by atoms with Gasteiger partial charge in [-0.05, 0) is 38.1 Å². The molecule has 0 unspecified atom stereocenters. The third kappa shape index (κ3) is 2.81. The summed E-state index contributed by atoms with van der Waals surface area (Å²) >= 11 is 1.18. The predicted octanol–water partition coefficient (Wildman–Crippen LogP) is 2.91. The number of ketones is 1. The molecule has 0 atom stereocenters. The van der Waals surface area contributed by atoms with E-state index in [-0.39, 0.29) is 11.7 Å². The van der Waals surface area contributed by atoms with Crippen molar-refractivity contribution in [2.24, 2.45) is 0 Å². The van der Waals surface area contributed by atoms with Crippen LogP contribution in [-0.4, -0.2) is 16.7 Å². The van der Waals surface area contributed by atoms with Crippen molar-refractivity contribution in [1.82, 2.24) is 4.98 Å². The smallest absolute Gasteiger partial charge is 0.266 e. The average molecular weight is 260 g/mol. The Morgan fingerprint density at radius 3 is 2.50 bits per heavy atom. The van der Waals surface area contributed by atoms with Gasteiger partial charge in [0.1, 0.15) is 5.82 Å². The lowest BCUT2D eigenvalue weighted by molar-refractivity contribution is 0.101. The highest BCUT2D eigenvalue weighted by atomic mass is 32.1. The van der Waals surface area contributed by atoms with Crippen molar-refractivity contribution < 1.29 is 9.59 Å². The number of hydrogen-bond acceptors (Lipinski definition) is 4. The molecule has 2 aromatic rings. The monoisotopic (exact) mass is 260 g/mol. The Morgan fingerprint density at radius 1 is 1.17 bits per heavy atom. The first kappa shape index (κ1) is 12.4. The second kappa shape index (κ2) is 5.10. The number of anilines is 1. The molecule has 0 aliphatic heterocycles. The highest BCUT2D eigenvalue weighted by Crippen LogP contribution is 2.18. The summed E-state index contributed by atoms with van der Waals surface area (Å²) in [5, 5.41) is 2.70. The Labute approximate surface area is 109 Å². The number of carbonyl (C=O) groups excluding carboxylic acids is 2. The lowest BCUT2D eigenvalue weighted by Gasteiger charge is -2.02. The van der Waals surface area contributed by atoms with Crippen molar-refractivity contribution in [3.63, 3.8) is 0 Å². The van der Waals surface area contributed by atoms with Crippen molar-refractivity contribution in [2.75, 3.05) is 5.32 Å². The number of amides is 1. The van der Waals surface area contributed by atoms with Crippen molar-refractivity contribution in [3.05, 3.63) is 45.8 Å². The molecule has 5 heteroatoms. The maximum Gasteiger partial charge on any atom is 0.266 e. The maximum absolute atomic E-state index is 11.9. The molecule has 0 saturated carbocycles. The van der Waals surface area contributed by atoms with E-state index < -0.39 is 0 Å². The lowest BCUT2D eigenvalue weighted by Crippen LogP contribution is -2.11. The summed E-state index contributed by atoms with van der Waals surface area (Å²) in [5.74, 6) is 0.233. The normalized spacial score (nSPS) is 10.1. The van der Waals surface area contributed by atoms with E-state index in [0.29, 0.717) is 15.6 Å². The summed E-state index contributed by atoms with van der Waals surface area (Å²) in [6, 6.07) is 8.71. The zero-order valence-corrected chi connectivity index (χ0v) is 10.9. The van der Waals surface area contributed by atoms with Gasteiger partial charge in [0.25, 0.3) is 5.91 Å². The Hall–Kier alpha value is -2.01. The molecule has 0 aliphatic rings. The molecule has 0 radical (unpaired) electrons. The van der Waals surface area contributed by atoms with Gasteiger partial charge in [0, 0.05) is 5.69 Å². The average Bonchev–Trinajstić information content (AvgIpc) is 2.78. The lowest BCUT2D eigenvalue weighted by atomic mass is 10.3. The molecule has 0 aromatic carbocycles. The molecular weight excluding hydrogens is 248 g/mol. The number of hydrogen-bond donors (Lipinski definition) is 1. The number of carbonyl (C=O) groups is 2. The van der Waals surface area contributed by atoms with Gasteiger partial charge in [-0.15, -0.1) is 11.3 Å². The van der Waals surface area contributed by atoms with E-state index >= 15 is 0 Å². The summed E-state index contributed by atoms with van der Waals surface area (Å²) < 4.78 is 0. The molecule has 0 fully saturated rings. The second-order valence-corrected chi connectivity index (χ2v) is 4.92. The van der Waals surface area contributed by atoms with Crippen LogP contribution in [-0.2, 0) is 0 Å². The van der Waals surface area contributed by atoms with Gasteiger partial charge in [-0.2, -0.15) is 0 Å². The van der Waals surface area contributed by atoms with Gasteiger partial charge in [-0.25, -0.2) is 4.98 Å². The first-order chi connectivity index (χ1) is 8.56. The zero-order chi connectivity index (χ0) is 13.1. The highest BCUT2D eigenvalue weighted by molar-refractivity contribution is 7.16. The number of Topliss-reactive ketones (excluding diaryl/α,β-unsaturated/α-hetero) is 1. The largest absolute Gasteiger partial charge is 0.306 e. The quantitative estimate of drug-likeness (QED) is 0.863. The van der Waals surface area contributed by atoms with Gasteiger partial charge in [0.15, 0.2) is 5.78 Å². The number of pyridine rings is 1. The van der Waals surface area contributed by atoms with Crippen LogP contribution in [0.1, 0.15) is 32.0 Å². The minimum atomic E-state index is -0.245. The fraction of sp³-hybridized carbons (Fsp3) is 0.154. The van der Waals surface area contributed by atoms with Gasteiger partial charge in [0.05, 0.1) is 9.75 Å². The minimum Gasteiger partial charge on any atom is -0.306 e. The van der Waals surface area contributed by atoms with E-state index in [1.54, 1.807) is 18.2 Å². The Kier molecular flexibility index (Phi) is 3.53. The van der Waals surface area contributed by atoms with E-state index in [9.17, 15) is 9.59 Å². The second-order valence-electron chi connectivity index (χ2n) is 3.84. The van der Waals surface area contributed by atoms with Crippen LogP contribution >= 0.6 is 11.3 Å². The van der Waals surface area contributed by atoms with Gasteiger partial charge in [0.2, 0.25) is 0 Å². The van der Waals surface area contributed by atoms with Gasteiger partial charge in [-0.3, -0.25) is 9.59 Å². The fourth-order valence-electron chi connectivity index (χ4n) is 1.44. The number of rotatable bonds is 3. The van der Waals surface area contributed by atoms with E-state index in [1.807, 2.05) is 19.1 Å². The molecule has 1 amide bonds. The van der Waals surface area contributed by atoms with Gasteiger partial charge in [-0.1, -0.05) is 6.07 Å². The molecule has 0 aliphatic carbocycles. The third-order valence-electron chi connectivity index (χ3n) is 2.31. The minimum absolute atomic E-state index is 0.0345. The summed E-state index contributed by atoms with van der Waals surface area (Å²) in [6.45, 7) is 3.34. The van der Waals surface area contributed by atoms with E-state index in [1.165, 1.54) is 18.3 Å². The number of aromatic nitrogens is 1. The summed E-state index contributed by atoms with van der Waals surface area (Å²) in [4.78, 5) is 28.3. The molecule has 1 N–H and O–H groups in total. The van der Waals surface area contributed by atoms with E-state index in [4.69, 9.17) is 0 Å². The van der Waals surface area contributed by atoms with Crippen LogP contribution in [0, 0.1) is 6.92 Å². The highest BCUT2D eigenvalue weighted by Gasteiger charge is 2.11. The molecule has 18 heavy (non-hydrogen) atoms. The number of aryl methyl sites for hydroxylation is 1. The van der Waals surface area contributed by atoms with Crippen LogP contribution in [0.3, 0.4) is 0 Å². The molecule has 2 aromatic heterocycles. The zero-order valence-electron chi connectivity index (χ0n) is 10.1.